The first kappa shape index (κ1) is 11.7. The predicted octanol–water partition coefficient (Wildman–Crippen LogP) is 1.37. The average Bonchev–Trinajstić information content (AvgIpc) is 2.63. The van der Waals surface area contributed by atoms with Gasteiger partial charge in [-0.1, -0.05) is 6.07 Å². The van der Waals surface area contributed by atoms with Gasteiger partial charge in [-0.05, 0) is 24.6 Å². The van der Waals surface area contributed by atoms with Gasteiger partial charge in [0.25, 0.3) is 0 Å². The van der Waals surface area contributed by atoms with Crippen LogP contribution in [-0.4, -0.2) is 24.9 Å². The van der Waals surface area contributed by atoms with Crippen molar-refractivity contribution in [2.24, 2.45) is 0 Å². The highest BCUT2D eigenvalue weighted by molar-refractivity contribution is 7.90. The number of aryl methyl sites for hydroxylation is 1. The zero-order valence-corrected chi connectivity index (χ0v) is 10.4. The number of nitrogens with two attached hydrogens (primary N) is 1. The number of nitrogens with zero attached hydrogens (tertiary/aromatic N) is 1. The zero-order chi connectivity index (χ0) is 12.6. The van der Waals surface area contributed by atoms with Gasteiger partial charge in [0, 0.05) is 17.9 Å². The molecule has 0 radical (unpaired) electrons. The van der Waals surface area contributed by atoms with Crippen molar-refractivity contribution in [3.05, 3.63) is 29.8 Å². The van der Waals surface area contributed by atoms with Gasteiger partial charge < -0.3 is 5.73 Å². The third kappa shape index (κ3) is 2.31. The molecule has 0 bridgehead atoms. The lowest BCUT2D eigenvalue weighted by atomic mass is 10.1. The number of sulfone groups is 1. The molecule has 3 N–H and O–H groups in total. The third-order valence-corrected chi connectivity index (χ3v) is 3.64. The largest absolute Gasteiger partial charge is 0.382 e. The number of hydrogen-bond acceptors (Lipinski definition) is 4. The Kier molecular flexibility index (Phi) is 2.66. The Labute approximate surface area is 99.6 Å². The van der Waals surface area contributed by atoms with Crippen LogP contribution in [0.1, 0.15) is 5.56 Å². The second kappa shape index (κ2) is 3.89. The molecule has 1 aromatic carbocycles. The molecule has 2 rings (SSSR count). The Bertz CT molecular complexity index is 659. The molecule has 5 nitrogen and oxygen atoms in total. The monoisotopic (exact) mass is 251 g/mol. The summed E-state index contributed by atoms with van der Waals surface area (Å²) < 4.78 is 23.0. The van der Waals surface area contributed by atoms with E-state index in [0.29, 0.717) is 11.5 Å². The fourth-order valence-electron chi connectivity index (χ4n) is 1.60. The van der Waals surface area contributed by atoms with Gasteiger partial charge in [0.05, 0.1) is 10.6 Å². The molecule has 0 atom stereocenters. The van der Waals surface area contributed by atoms with Crippen molar-refractivity contribution in [1.82, 2.24) is 10.2 Å². The lowest BCUT2D eigenvalue weighted by Gasteiger charge is -2.05. The summed E-state index contributed by atoms with van der Waals surface area (Å²) in [7, 11) is -3.21. The number of nitrogen functional groups attached to an aromatic ring is 1. The van der Waals surface area contributed by atoms with Gasteiger partial charge in [-0.2, -0.15) is 5.10 Å². The van der Waals surface area contributed by atoms with Crippen molar-refractivity contribution >= 4 is 15.7 Å². The summed E-state index contributed by atoms with van der Waals surface area (Å²) in [5, 5.41) is 6.60. The maximum atomic E-state index is 11.5. The van der Waals surface area contributed by atoms with Crippen molar-refractivity contribution < 1.29 is 8.42 Å². The minimum absolute atomic E-state index is 0.284. The van der Waals surface area contributed by atoms with Crippen molar-refractivity contribution in [3.8, 4) is 11.3 Å². The topological polar surface area (TPSA) is 88.8 Å². The number of hydrogen-bond donors (Lipinski definition) is 2. The smallest absolute Gasteiger partial charge is 0.175 e. The molecule has 17 heavy (non-hydrogen) atoms. The van der Waals surface area contributed by atoms with Crippen molar-refractivity contribution in [2.45, 2.75) is 11.8 Å². The minimum atomic E-state index is -3.21. The molecule has 1 aromatic heterocycles. The summed E-state index contributed by atoms with van der Waals surface area (Å²) in [5.74, 6) is 0.379. The molecule has 0 aliphatic carbocycles. The van der Waals surface area contributed by atoms with Gasteiger partial charge in [0.1, 0.15) is 5.82 Å². The summed E-state index contributed by atoms with van der Waals surface area (Å²) in [5.41, 5.74) is 7.99. The van der Waals surface area contributed by atoms with Gasteiger partial charge >= 0.3 is 0 Å². The molecule has 90 valence electrons. The number of anilines is 1. The van der Waals surface area contributed by atoms with E-state index in [1.807, 2.05) is 6.92 Å². The van der Waals surface area contributed by atoms with E-state index in [2.05, 4.69) is 10.2 Å². The summed E-state index contributed by atoms with van der Waals surface area (Å²) in [6.07, 6.45) is 1.18. The number of aromatic amines is 1. The first-order valence-corrected chi connectivity index (χ1v) is 6.89. The van der Waals surface area contributed by atoms with Gasteiger partial charge in [0.15, 0.2) is 9.84 Å². The van der Waals surface area contributed by atoms with Crippen LogP contribution in [0.5, 0.6) is 0 Å². The van der Waals surface area contributed by atoms with Gasteiger partial charge in [-0.25, -0.2) is 8.42 Å². The SMILES string of the molecule is Cc1ccc(S(C)(=O)=O)cc1-c1cc(N)n[nH]1. The van der Waals surface area contributed by atoms with E-state index < -0.39 is 9.84 Å². The molecule has 0 amide bonds. The van der Waals surface area contributed by atoms with Crippen molar-refractivity contribution in [1.29, 1.82) is 0 Å². The predicted molar refractivity (Wildman–Crippen MR) is 66.3 cm³/mol. The van der Waals surface area contributed by atoms with Crippen LogP contribution in [0.4, 0.5) is 5.82 Å². The molecule has 0 fully saturated rings. The molecule has 0 saturated carbocycles. The quantitative estimate of drug-likeness (QED) is 0.843. The van der Waals surface area contributed by atoms with Crippen LogP contribution < -0.4 is 5.73 Å². The molecule has 0 aliphatic heterocycles. The zero-order valence-electron chi connectivity index (χ0n) is 9.56. The number of rotatable bonds is 2. The van der Waals surface area contributed by atoms with Crippen LogP contribution in [0.15, 0.2) is 29.2 Å². The summed E-state index contributed by atoms with van der Waals surface area (Å²) in [6.45, 7) is 1.90. The van der Waals surface area contributed by atoms with Crippen molar-refractivity contribution in [3.63, 3.8) is 0 Å². The standard InChI is InChI=1S/C11H13N3O2S/c1-7-3-4-8(17(2,15)16)5-9(7)10-6-11(12)14-13-10/h3-6H,1-2H3,(H3,12,13,14). The van der Waals surface area contributed by atoms with E-state index in [9.17, 15) is 8.42 Å². The lowest BCUT2D eigenvalue weighted by Crippen LogP contribution is -1.98. The van der Waals surface area contributed by atoms with Crippen LogP contribution >= 0.6 is 0 Å². The Morgan fingerprint density at radius 1 is 1.29 bits per heavy atom. The second-order valence-corrected chi connectivity index (χ2v) is 5.97. The van der Waals surface area contributed by atoms with Crippen LogP contribution in [0.2, 0.25) is 0 Å². The van der Waals surface area contributed by atoms with Gasteiger partial charge in [0.2, 0.25) is 0 Å². The Hall–Kier alpha value is -1.82. The normalized spacial score (nSPS) is 11.6. The van der Waals surface area contributed by atoms with Crippen LogP contribution in [0, 0.1) is 6.92 Å². The molecule has 6 heteroatoms. The molecule has 2 aromatic rings. The van der Waals surface area contributed by atoms with Gasteiger partial charge in [-0.15, -0.1) is 0 Å². The number of H-pyrrole nitrogens is 1. The minimum Gasteiger partial charge on any atom is -0.382 e. The fourth-order valence-corrected chi connectivity index (χ4v) is 2.24. The van der Waals surface area contributed by atoms with Gasteiger partial charge in [-0.3, -0.25) is 5.10 Å². The Morgan fingerprint density at radius 3 is 2.53 bits per heavy atom. The first-order valence-electron chi connectivity index (χ1n) is 5.00. The summed E-state index contributed by atoms with van der Waals surface area (Å²) >= 11 is 0. The Balaban J connectivity index is 2.62. The molecule has 0 spiro atoms. The first-order chi connectivity index (χ1) is 7.88. The van der Waals surface area contributed by atoms with Crippen LogP contribution in [-0.2, 0) is 9.84 Å². The second-order valence-electron chi connectivity index (χ2n) is 3.96. The van der Waals surface area contributed by atoms with E-state index in [1.165, 1.54) is 6.26 Å². The summed E-state index contributed by atoms with van der Waals surface area (Å²) in [6, 6.07) is 6.66. The fraction of sp³-hybridized carbons (Fsp3) is 0.182. The van der Waals surface area contributed by atoms with E-state index >= 15 is 0 Å². The van der Waals surface area contributed by atoms with E-state index in [0.717, 1.165) is 11.1 Å². The number of aromatic nitrogens is 2. The molecule has 1 heterocycles. The molecule has 0 saturated heterocycles. The van der Waals surface area contributed by atoms with Crippen LogP contribution in [0.3, 0.4) is 0 Å². The highest BCUT2D eigenvalue weighted by atomic mass is 32.2. The van der Waals surface area contributed by atoms with E-state index in [4.69, 9.17) is 5.73 Å². The highest BCUT2D eigenvalue weighted by Gasteiger charge is 2.11. The highest BCUT2D eigenvalue weighted by Crippen LogP contribution is 2.25. The van der Waals surface area contributed by atoms with E-state index in [1.54, 1.807) is 24.3 Å². The third-order valence-electron chi connectivity index (χ3n) is 2.53. The number of benzene rings is 1. The maximum Gasteiger partial charge on any atom is 0.175 e. The van der Waals surface area contributed by atoms with Crippen molar-refractivity contribution in [2.75, 3.05) is 12.0 Å². The lowest BCUT2D eigenvalue weighted by molar-refractivity contribution is 0.602. The van der Waals surface area contributed by atoms with Crippen LogP contribution in [0.25, 0.3) is 11.3 Å². The molecule has 0 unspecified atom stereocenters. The van der Waals surface area contributed by atoms with E-state index in [-0.39, 0.29) is 4.90 Å². The molecule has 0 aliphatic rings. The summed E-state index contributed by atoms with van der Waals surface area (Å²) in [4.78, 5) is 0.284. The number of nitrogens with one attached hydrogen (secondary N) is 1. The maximum absolute atomic E-state index is 11.5. The Morgan fingerprint density at radius 2 is 2.00 bits per heavy atom. The average molecular weight is 251 g/mol. The molecular formula is C11H13N3O2S. The molecular weight excluding hydrogens is 238 g/mol.